The quantitative estimate of drug-likeness (QED) is 0.369. The lowest BCUT2D eigenvalue weighted by molar-refractivity contribution is -0.120. The van der Waals surface area contributed by atoms with Crippen LogP contribution < -0.4 is 19.3 Å². The van der Waals surface area contributed by atoms with E-state index in [2.05, 4.69) is 29.3 Å². The monoisotopic (exact) mass is 555 g/mol. The summed E-state index contributed by atoms with van der Waals surface area (Å²) in [6, 6.07) is 20.5. The van der Waals surface area contributed by atoms with Gasteiger partial charge >= 0.3 is 0 Å². The SMILES string of the molecule is COc1ccc(N(CC(=O)NC(C)c2ccc(N3CCCC(C)C3)cc2)S(=O)(=O)c2ccccc2)cc1Cl. The molecular formula is C29H34ClN3O4S. The molecule has 0 aromatic heterocycles. The first-order chi connectivity index (χ1) is 18.2. The van der Waals surface area contributed by atoms with E-state index in [1.807, 2.05) is 19.1 Å². The average Bonchev–Trinajstić information content (AvgIpc) is 2.92. The number of nitrogens with zero attached hydrogens (tertiary/aromatic N) is 2. The number of carbonyl (C=O) groups excluding carboxylic acids is 1. The van der Waals surface area contributed by atoms with Crippen molar-refractivity contribution in [2.45, 2.75) is 37.6 Å². The summed E-state index contributed by atoms with van der Waals surface area (Å²) in [7, 11) is -2.56. The molecule has 0 bridgehead atoms. The molecule has 3 aromatic rings. The summed E-state index contributed by atoms with van der Waals surface area (Å²) in [6.07, 6.45) is 2.45. The van der Waals surface area contributed by atoms with Gasteiger partial charge in [0.1, 0.15) is 12.3 Å². The maximum atomic E-state index is 13.6. The maximum Gasteiger partial charge on any atom is 0.264 e. The minimum Gasteiger partial charge on any atom is -0.495 e. The smallest absolute Gasteiger partial charge is 0.264 e. The fourth-order valence-corrected chi connectivity index (χ4v) is 6.43. The van der Waals surface area contributed by atoms with E-state index in [1.165, 1.54) is 43.8 Å². The molecule has 0 radical (unpaired) electrons. The number of carbonyl (C=O) groups is 1. The van der Waals surface area contributed by atoms with Crippen molar-refractivity contribution in [3.05, 3.63) is 83.4 Å². The molecule has 1 N–H and O–H groups in total. The van der Waals surface area contributed by atoms with Crippen molar-refractivity contribution in [2.75, 3.05) is 35.9 Å². The van der Waals surface area contributed by atoms with Crippen LogP contribution in [-0.2, 0) is 14.8 Å². The van der Waals surface area contributed by atoms with E-state index in [9.17, 15) is 13.2 Å². The Balaban J connectivity index is 1.52. The molecule has 2 atom stereocenters. The Labute approximate surface area is 230 Å². The number of piperidine rings is 1. The molecule has 1 amide bonds. The van der Waals surface area contributed by atoms with Gasteiger partial charge in [0.25, 0.3) is 10.0 Å². The van der Waals surface area contributed by atoms with Crippen LogP contribution in [0.4, 0.5) is 11.4 Å². The zero-order chi connectivity index (χ0) is 27.3. The van der Waals surface area contributed by atoms with Crippen molar-refractivity contribution in [3.8, 4) is 5.75 Å². The lowest BCUT2D eigenvalue weighted by atomic mass is 9.99. The highest BCUT2D eigenvalue weighted by Gasteiger charge is 2.28. The zero-order valence-electron chi connectivity index (χ0n) is 21.9. The third-order valence-electron chi connectivity index (χ3n) is 6.83. The number of rotatable bonds is 9. The molecule has 7 nitrogen and oxygen atoms in total. The van der Waals surface area contributed by atoms with Gasteiger partial charge in [0.2, 0.25) is 5.91 Å². The summed E-state index contributed by atoms with van der Waals surface area (Å²) < 4.78 is 33.4. The molecule has 38 heavy (non-hydrogen) atoms. The van der Waals surface area contributed by atoms with Crippen molar-refractivity contribution in [1.29, 1.82) is 0 Å². The fourth-order valence-electron chi connectivity index (χ4n) is 4.74. The molecule has 1 fully saturated rings. The molecule has 0 aliphatic carbocycles. The summed E-state index contributed by atoms with van der Waals surface area (Å²) in [5, 5.41) is 3.19. The Hall–Kier alpha value is -3.23. The number of sulfonamides is 1. The Morgan fingerprint density at radius 2 is 1.84 bits per heavy atom. The van der Waals surface area contributed by atoms with Crippen LogP contribution in [-0.4, -0.2) is 41.1 Å². The first kappa shape index (κ1) is 27.8. The highest BCUT2D eigenvalue weighted by molar-refractivity contribution is 7.92. The Morgan fingerprint density at radius 3 is 2.47 bits per heavy atom. The summed E-state index contributed by atoms with van der Waals surface area (Å²) in [5.41, 5.74) is 2.38. The van der Waals surface area contributed by atoms with Crippen LogP contribution in [0.3, 0.4) is 0 Å². The summed E-state index contributed by atoms with van der Waals surface area (Å²) in [4.78, 5) is 15.6. The Kier molecular flexibility index (Phi) is 8.84. The lowest BCUT2D eigenvalue weighted by Crippen LogP contribution is -2.41. The first-order valence-corrected chi connectivity index (χ1v) is 14.6. The average molecular weight is 556 g/mol. The Bertz CT molecular complexity index is 1350. The highest BCUT2D eigenvalue weighted by Crippen LogP contribution is 2.32. The second kappa shape index (κ2) is 12.1. The fraction of sp³-hybridized carbons (Fsp3) is 0.345. The van der Waals surface area contributed by atoms with Crippen LogP contribution in [0.25, 0.3) is 0 Å². The summed E-state index contributed by atoms with van der Waals surface area (Å²) >= 11 is 6.30. The molecule has 1 aliphatic heterocycles. The molecule has 1 heterocycles. The van der Waals surface area contributed by atoms with Crippen LogP contribution in [0.5, 0.6) is 5.75 Å². The number of anilines is 2. The summed E-state index contributed by atoms with van der Waals surface area (Å²) in [5.74, 6) is 0.656. The van der Waals surface area contributed by atoms with Crippen LogP contribution in [0, 0.1) is 5.92 Å². The second-order valence-corrected chi connectivity index (χ2v) is 12.0. The van der Waals surface area contributed by atoms with Crippen molar-refractivity contribution in [1.82, 2.24) is 5.32 Å². The normalized spacial score (nSPS) is 16.5. The molecule has 2 unspecified atom stereocenters. The van der Waals surface area contributed by atoms with E-state index in [-0.39, 0.29) is 21.6 Å². The van der Waals surface area contributed by atoms with Gasteiger partial charge in [-0.1, -0.05) is 48.9 Å². The number of nitrogens with one attached hydrogen (secondary N) is 1. The number of methoxy groups -OCH3 is 1. The maximum absolute atomic E-state index is 13.6. The van der Waals surface area contributed by atoms with Gasteiger partial charge in [0, 0.05) is 18.8 Å². The molecule has 0 saturated carbocycles. The second-order valence-electron chi connectivity index (χ2n) is 9.72. The first-order valence-electron chi connectivity index (χ1n) is 12.7. The van der Waals surface area contributed by atoms with Crippen molar-refractivity contribution in [2.24, 2.45) is 5.92 Å². The van der Waals surface area contributed by atoms with Gasteiger partial charge in [-0.2, -0.15) is 0 Å². The number of hydrogen-bond acceptors (Lipinski definition) is 5. The van der Waals surface area contributed by atoms with Gasteiger partial charge in [-0.3, -0.25) is 9.10 Å². The van der Waals surface area contributed by atoms with E-state index < -0.39 is 22.5 Å². The molecule has 202 valence electrons. The predicted octanol–water partition coefficient (Wildman–Crippen LogP) is 5.66. The van der Waals surface area contributed by atoms with Crippen molar-refractivity contribution in [3.63, 3.8) is 0 Å². The van der Waals surface area contributed by atoms with Gasteiger partial charge in [-0.25, -0.2) is 8.42 Å². The number of hydrogen-bond donors (Lipinski definition) is 1. The van der Waals surface area contributed by atoms with Crippen LogP contribution in [0.15, 0.2) is 77.7 Å². The number of ether oxygens (including phenoxy) is 1. The van der Waals surface area contributed by atoms with E-state index in [0.29, 0.717) is 11.7 Å². The van der Waals surface area contributed by atoms with Gasteiger partial charge < -0.3 is 15.0 Å². The molecular weight excluding hydrogens is 522 g/mol. The minimum atomic E-state index is -4.04. The highest BCUT2D eigenvalue weighted by atomic mass is 35.5. The third-order valence-corrected chi connectivity index (χ3v) is 8.92. The van der Waals surface area contributed by atoms with Gasteiger partial charge in [0.05, 0.1) is 28.8 Å². The number of halogens is 1. The molecule has 1 aliphatic rings. The molecule has 0 spiro atoms. The number of amides is 1. The van der Waals surface area contributed by atoms with Gasteiger partial charge in [-0.05, 0) is 73.7 Å². The van der Waals surface area contributed by atoms with E-state index in [0.717, 1.165) is 23.0 Å². The molecule has 9 heteroatoms. The van der Waals surface area contributed by atoms with Crippen LogP contribution >= 0.6 is 11.6 Å². The third kappa shape index (κ3) is 6.42. The number of benzene rings is 3. The molecule has 4 rings (SSSR count). The Morgan fingerprint density at radius 1 is 1.13 bits per heavy atom. The molecule has 1 saturated heterocycles. The standard InChI is InChI=1S/C29H34ClN3O4S/c1-21-8-7-17-32(19-21)24-13-11-23(12-14-24)22(2)31-29(34)20-33(25-15-16-28(37-3)27(30)18-25)38(35,36)26-9-5-4-6-10-26/h4-6,9-16,18,21-22H,7-8,17,19-20H2,1-3H3,(H,31,34). The van der Waals surface area contributed by atoms with Crippen LogP contribution in [0.1, 0.15) is 38.3 Å². The topological polar surface area (TPSA) is 79.0 Å². The van der Waals surface area contributed by atoms with Gasteiger partial charge in [0.15, 0.2) is 0 Å². The molecule has 3 aromatic carbocycles. The summed E-state index contributed by atoms with van der Waals surface area (Å²) in [6.45, 7) is 5.85. The van der Waals surface area contributed by atoms with Crippen molar-refractivity contribution < 1.29 is 17.9 Å². The van der Waals surface area contributed by atoms with Crippen molar-refractivity contribution >= 4 is 38.9 Å². The lowest BCUT2D eigenvalue weighted by Gasteiger charge is -2.33. The van der Waals surface area contributed by atoms with E-state index >= 15 is 0 Å². The zero-order valence-corrected chi connectivity index (χ0v) is 23.5. The minimum absolute atomic E-state index is 0.0791. The van der Waals surface area contributed by atoms with Gasteiger partial charge in [-0.15, -0.1) is 0 Å². The van der Waals surface area contributed by atoms with Crippen LogP contribution in [0.2, 0.25) is 5.02 Å². The largest absolute Gasteiger partial charge is 0.495 e. The van der Waals surface area contributed by atoms with E-state index in [1.54, 1.807) is 30.3 Å². The van der Waals surface area contributed by atoms with E-state index in [4.69, 9.17) is 16.3 Å². The predicted molar refractivity (Wildman–Crippen MR) is 153 cm³/mol.